The Morgan fingerprint density at radius 1 is 0.486 bits per heavy atom. The van der Waals surface area contributed by atoms with E-state index in [0.29, 0.717) is 13.0 Å². The zero-order chi connectivity index (χ0) is 50.9. The molecule has 0 radical (unpaired) electrons. The van der Waals surface area contributed by atoms with Gasteiger partial charge in [0.15, 0.2) is 12.6 Å². The normalized spacial score (nSPS) is 26.1. The second kappa shape index (κ2) is 42.9. The van der Waals surface area contributed by atoms with Crippen molar-refractivity contribution in [2.24, 2.45) is 0 Å². The summed E-state index contributed by atoms with van der Waals surface area (Å²) < 4.78 is 34.2. The Morgan fingerprint density at radius 2 is 0.900 bits per heavy atom. The fraction of sp³-hybridized carbons (Fsp3) is 0.768. The fourth-order valence-corrected chi connectivity index (χ4v) is 8.13. The van der Waals surface area contributed by atoms with Gasteiger partial charge in [-0.2, -0.15) is 0 Å². The summed E-state index contributed by atoms with van der Waals surface area (Å²) in [4.78, 5) is 13.0. The van der Waals surface area contributed by atoms with Crippen molar-refractivity contribution in [3.8, 4) is 0 Å². The molecule has 14 heteroatoms. The lowest BCUT2D eigenvalue weighted by molar-refractivity contribution is -0.332. The summed E-state index contributed by atoms with van der Waals surface area (Å²) in [5, 5.41) is 72.2. The Hall–Kier alpha value is -2.57. The lowest BCUT2D eigenvalue weighted by atomic mass is 9.98. The summed E-state index contributed by atoms with van der Waals surface area (Å²) >= 11 is 0. The van der Waals surface area contributed by atoms with Crippen molar-refractivity contribution in [3.05, 3.63) is 72.9 Å². The molecule has 11 unspecified atom stereocenters. The van der Waals surface area contributed by atoms with Crippen LogP contribution in [0.4, 0.5) is 0 Å². The molecule has 14 nitrogen and oxygen atoms in total. The zero-order valence-corrected chi connectivity index (χ0v) is 43.0. The van der Waals surface area contributed by atoms with E-state index in [1.165, 1.54) is 89.9 Å². The minimum atomic E-state index is -1.72. The van der Waals surface area contributed by atoms with E-state index >= 15 is 0 Å². The highest BCUT2D eigenvalue weighted by molar-refractivity contribution is 5.69. The first-order chi connectivity index (χ1) is 34.1. The second-order valence-electron chi connectivity index (χ2n) is 18.7. The van der Waals surface area contributed by atoms with E-state index in [4.69, 9.17) is 28.4 Å². The molecule has 0 aromatic heterocycles. The molecule has 7 N–H and O–H groups in total. The molecule has 2 heterocycles. The first-order valence-corrected chi connectivity index (χ1v) is 27.0. The van der Waals surface area contributed by atoms with Crippen molar-refractivity contribution in [1.29, 1.82) is 0 Å². The maximum atomic E-state index is 13.0. The van der Waals surface area contributed by atoms with Gasteiger partial charge < -0.3 is 64.2 Å². The Labute approximate surface area is 421 Å². The summed E-state index contributed by atoms with van der Waals surface area (Å²) in [6, 6.07) is 0. The number of aliphatic hydroxyl groups excluding tert-OH is 7. The summed E-state index contributed by atoms with van der Waals surface area (Å²) in [5.74, 6) is -0.457. The number of hydrogen-bond acceptors (Lipinski definition) is 14. The van der Waals surface area contributed by atoms with Gasteiger partial charge in [-0.15, -0.1) is 0 Å². The van der Waals surface area contributed by atoms with Gasteiger partial charge in [-0.25, -0.2) is 0 Å². The first-order valence-electron chi connectivity index (χ1n) is 27.0. The highest BCUT2D eigenvalue weighted by Gasteiger charge is 2.47. The highest BCUT2D eigenvalue weighted by atomic mass is 16.7. The molecule has 404 valence electrons. The predicted octanol–water partition coefficient (Wildman–Crippen LogP) is 8.68. The number of carbonyl (C=O) groups excluding carboxylic acids is 1. The number of unbranched alkanes of at least 4 members (excludes halogenated alkanes) is 16. The van der Waals surface area contributed by atoms with Gasteiger partial charge in [0.25, 0.3) is 0 Å². The van der Waals surface area contributed by atoms with E-state index in [1.54, 1.807) is 0 Å². The van der Waals surface area contributed by atoms with E-state index in [0.717, 1.165) is 57.8 Å². The Morgan fingerprint density at radius 3 is 1.37 bits per heavy atom. The van der Waals surface area contributed by atoms with Gasteiger partial charge in [0.05, 0.1) is 26.4 Å². The molecule has 2 fully saturated rings. The van der Waals surface area contributed by atoms with Crippen LogP contribution in [0.15, 0.2) is 72.9 Å². The SMILES string of the molecule is CC/C=C\C/C=C\C/C=C\C/C=C\C/C=C\C/C=C\CCC(=O)OC(COCCCCCCCCCCCCCCCCCCC)COC1OC(COC2OC(CO)C(O)C(O)C2O)C(O)C(O)C1O. The topological polar surface area (TPSA) is 214 Å². The van der Waals surface area contributed by atoms with Crippen LogP contribution >= 0.6 is 0 Å². The average molecular weight is 993 g/mol. The van der Waals surface area contributed by atoms with Crippen LogP contribution < -0.4 is 0 Å². The van der Waals surface area contributed by atoms with Gasteiger partial charge in [0.2, 0.25) is 0 Å². The van der Waals surface area contributed by atoms with E-state index in [1.807, 2.05) is 12.2 Å². The minimum Gasteiger partial charge on any atom is -0.457 e. The molecular formula is C56H96O14. The molecule has 0 spiro atoms. The molecule has 0 aromatic rings. The Bertz CT molecular complexity index is 1430. The standard InChI is InChI=1S/C56H96O14/c1-3-5-7-9-11-13-15-17-19-21-22-23-25-27-29-31-33-35-37-39-48(58)68-45(42-65-40-38-36-34-32-30-28-26-24-20-18-16-14-12-10-8-6-4-2)43-66-55-54(64)52(62)50(60)47(70-55)44-67-56-53(63)51(61)49(59)46(41-57)69-56/h5,7,11,13,17,19,22-23,27,29,33,35,45-47,49-57,59-64H,3-4,6,8-10,12,14-16,18,20-21,24-26,28,30-32,34,36-44H2,1-2H3/b7-5-,13-11-,19-17-,23-22-,29-27-,35-33-. The van der Waals surface area contributed by atoms with Gasteiger partial charge in [-0.05, 0) is 51.4 Å². The van der Waals surface area contributed by atoms with Gasteiger partial charge >= 0.3 is 5.97 Å². The third-order valence-corrected chi connectivity index (χ3v) is 12.5. The van der Waals surface area contributed by atoms with Gasteiger partial charge in [0.1, 0.15) is 54.9 Å². The Kier molecular flexibility index (Phi) is 38.9. The summed E-state index contributed by atoms with van der Waals surface area (Å²) in [6.07, 6.45) is 36.9. The number of ether oxygens (including phenoxy) is 6. The first kappa shape index (κ1) is 63.5. The van der Waals surface area contributed by atoms with Crippen LogP contribution in [-0.2, 0) is 33.2 Å². The maximum absolute atomic E-state index is 13.0. The number of aliphatic hydroxyl groups is 7. The molecule has 0 bridgehead atoms. The molecule has 70 heavy (non-hydrogen) atoms. The smallest absolute Gasteiger partial charge is 0.306 e. The van der Waals surface area contributed by atoms with E-state index in [-0.39, 0.29) is 19.6 Å². The predicted molar refractivity (Wildman–Crippen MR) is 275 cm³/mol. The number of hydrogen-bond donors (Lipinski definition) is 7. The largest absolute Gasteiger partial charge is 0.457 e. The molecular weight excluding hydrogens is 897 g/mol. The summed E-state index contributed by atoms with van der Waals surface area (Å²) in [7, 11) is 0. The third-order valence-electron chi connectivity index (χ3n) is 12.5. The molecule has 2 rings (SSSR count). The van der Waals surface area contributed by atoms with Crippen molar-refractivity contribution in [2.75, 3.05) is 33.0 Å². The minimum absolute atomic E-state index is 0.0299. The maximum Gasteiger partial charge on any atom is 0.306 e. The van der Waals surface area contributed by atoms with Gasteiger partial charge in [-0.3, -0.25) is 4.79 Å². The van der Waals surface area contributed by atoms with Crippen LogP contribution in [0.25, 0.3) is 0 Å². The molecule has 0 aromatic carbocycles. The van der Waals surface area contributed by atoms with E-state index in [9.17, 15) is 40.5 Å². The van der Waals surface area contributed by atoms with Crippen molar-refractivity contribution in [1.82, 2.24) is 0 Å². The monoisotopic (exact) mass is 993 g/mol. The third kappa shape index (κ3) is 29.8. The van der Waals surface area contributed by atoms with Crippen molar-refractivity contribution in [2.45, 2.75) is 242 Å². The quantitative estimate of drug-likeness (QED) is 0.0173. The number of rotatable bonds is 42. The highest BCUT2D eigenvalue weighted by Crippen LogP contribution is 2.26. The van der Waals surface area contributed by atoms with E-state index in [2.05, 4.69) is 74.6 Å². The second-order valence-corrected chi connectivity index (χ2v) is 18.7. The van der Waals surface area contributed by atoms with Crippen LogP contribution in [0.1, 0.15) is 174 Å². The van der Waals surface area contributed by atoms with Crippen molar-refractivity contribution in [3.63, 3.8) is 0 Å². The number of allylic oxidation sites excluding steroid dienone is 12. The summed E-state index contributed by atoms with van der Waals surface area (Å²) in [6.45, 7) is 3.48. The van der Waals surface area contributed by atoms with E-state index < -0.39 is 86.7 Å². The summed E-state index contributed by atoms with van der Waals surface area (Å²) in [5.41, 5.74) is 0. The zero-order valence-electron chi connectivity index (χ0n) is 43.0. The van der Waals surface area contributed by atoms with Crippen LogP contribution in [0.5, 0.6) is 0 Å². The van der Waals surface area contributed by atoms with Crippen molar-refractivity contribution < 1.29 is 69.0 Å². The average Bonchev–Trinajstić information content (AvgIpc) is 3.36. The molecule has 0 aliphatic carbocycles. The molecule has 2 saturated heterocycles. The molecule has 2 aliphatic rings. The molecule has 0 amide bonds. The molecule has 2 aliphatic heterocycles. The van der Waals surface area contributed by atoms with Gasteiger partial charge in [-0.1, -0.05) is 189 Å². The Balaban J connectivity index is 1.79. The van der Waals surface area contributed by atoms with Crippen LogP contribution in [0, 0.1) is 0 Å². The number of esters is 1. The lowest BCUT2D eigenvalue weighted by Gasteiger charge is -2.42. The van der Waals surface area contributed by atoms with Crippen LogP contribution in [0.3, 0.4) is 0 Å². The molecule has 11 atom stereocenters. The lowest BCUT2D eigenvalue weighted by Crippen LogP contribution is -2.61. The number of carbonyl (C=O) groups is 1. The molecule has 0 saturated carbocycles. The van der Waals surface area contributed by atoms with Gasteiger partial charge in [0, 0.05) is 13.0 Å². The van der Waals surface area contributed by atoms with Crippen molar-refractivity contribution >= 4 is 5.97 Å². The van der Waals surface area contributed by atoms with Crippen LogP contribution in [0.2, 0.25) is 0 Å². The fourth-order valence-electron chi connectivity index (χ4n) is 8.13. The van der Waals surface area contributed by atoms with Crippen LogP contribution in [-0.4, -0.2) is 142 Å².